The van der Waals surface area contributed by atoms with Crippen LogP contribution in [0.5, 0.6) is 0 Å². The average Bonchev–Trinajstić information content (AvgIpc) is 2.55. The van der Waals surface area contributed by atoms with Gasteiger partial charge in [-0.2, -0.15) is 0 Å². The predicted molar refractivity (Wildman–Crippen MR) is 67.7 cm³/mol. The summed E-state index contributed by atoms with van der Waals surface area (Å²) in [7, 11) is 2.02. The van der Waals surface area contributed by atoms with Gasteiger partial charge < -0.3 is 4.57 Å². The second-order valence-electron chi connectivity index (χ2n) is 5.64. The van der Waals surface area contributed by atoms with E-state index >= 15 is 0 Å². The highest BCUT2D eigenvalue weighted by Gasteiger charge is 2.22. The molecule has 0 saturated heterocycles. The first-order chi connectivity index (χ1) is 7.80. The van der Waals surface area contributed by atoms with Crippen LogP contribution in [0, 0.1) is 10.1 Å². The van der Waals surface area contributed by atoms with Gasteiger partial charge in [-0.3, -0.25) is 10.1 Å². The summed E-state index contributed by atoms with van der Waals surface area (Å²) in [6.45, 7) is 6.45. The maximum absolute atomic E-state index is 10.8. The van der Waals surface area contributed by atoms with Crippen molar-refractivity contribution >= 4 is 12.2 Å². The van der Waals surface area contributed by atoms with Crippen molar-refractivity contribution in [2.75, 3.05) is 0 Å². The Balaban J connectivity index is 2.63. The van der Waals surface area contributed by atoms with E-state index in [1.807, 2.05) is 13.1 Å². The number of hydrogen-bond acceptors (Lipinski definition) is 2. The van der Waals surface area contributed by atoms with Gasteiger partial charge in [-0.05, 0) is 12.1 Å². The molecule has 0 radical (unpaired) electrons. The molecule has 92 valence electrons. The molecular weight excluding hydrogens is 216 g/mol. The molecule has 0 bridgehead atoms. The minimum atomic E-state index is -0.572. The van der Waals surface area contributed by atoms with E-state index in [2.05, 4.69) is 31.4 Å². The lowest BCUT2D eigenvalue weighted by Crippen LogP contribution is -2.35. The molecule has 0 saturated carbocycles. The predicted octanol–water partition coefficient (Wildman–Crippen LogP) is 0.933. The first-order valence-corrected chi connectivity index (χ1v) is 5.82. The Kier molecular flexibility index (Phi) is 2.60. The highest BCUT2D eigenvalue weighted by Crippen LogP contribution is 2.19. The second-order valence-corrected chi connectivity index (χ2v) is 5.64. The van der Waals surface area contributed by atoms with E-state index in [0.29, 0.717) is 6.42 Å². The normalized spacial score (nSPS) is 19.2. The number of nitro groups is 1. The maximum Gasteiger partial charge on any atom is 0.235 e. The lowest BCUT2D eigenvalue weighted by Gasteiger charge is -2.19. The molecular formula is C13H18N2O2. The largest absolute Gasteiger partial charge is 0.347 e. The van der Waals surface area contributed by atoms with Crippen LogP contribution in [0.1, 0.15) is 32.9 Å². The quantitative estimate of drug-likeness (QED) is 0.536. The molecule has 0 fully saturated rings. The molecule has 0 N–H and O–H groups in total. The van der Waals surface area contributed by atoms with Gasteiger partial charge in [0, 0.05) is 40.1 Å². The molecule has 4 heteroatoms. The molecule has 1 aromatic rings. The lowest BCUT2D eigenvalue weighted by molar-refractivity contribution is -0.503. The number of aromatic nitrogens is 1. The molecule has 1 aliphatic rings. The average molecular weight is 234 g/mol. The highest BCUT2D eigenvalue weighted by atomic mass is 16.6. The topological polar surface area (TPSA) is 48.1 Å². The zero-order valence-corrected chi connectivity index (χ0v) is 10.7. The molecule has 0 aromatic carbocycles. The second kappa shape index (κ2) is 3.72. The molecule has 1 aliphatic carbocycles. The summed E-state index contributed by atoms with van der Waals surface area (Å²) in [4.78, 5) is 10.6. The fraction of sp³-hybridized carbons (Fsp3) is 0.538. The minimum Gasteiger partial charge on any atom is -0.347 e. The van der Waals surface area contributed by atoms with Crippen molar-refractivity contribution in [2.24, 2.45) is 7.05 Å². The van der Waals surface area contributed by atoms with Gasteiger partial charge in [-0.15, -0.1) is 0 Å². The minimum absolute atomic E-state index is 0.0535. The Morgan fingerprint density at radius 3 is 2.65 bits per heavy atom. The number of fused-ring (bicyclic) bond motifs is 1. The lowest BCUT2D eigenvalue weighted by atomic mass is 9.92. The zero-order chi connectivity index (χ0) is 12.8. The van der Waals surface area contributed by atoms with E-state index in [0.717, 1.165) is 10.6 Å². The van der Waals surface area contributed by atoms with Gasteiger partial charge in [-0.25, -0.2) is 0 Å². The fourth-order valence-corrected chi connectivity index (χ4v) is 2.40. The van der Waals surface area contributed by atoms with Crippen molar-refractivity contribution in [3.05, 3.63) is 32.4 Å². The van der Waals surface area contributed by atoms with Gasteiger partial charge in [-0.1, -0.05) is 26.8 Å². The standard InChI is InChI=1S/C13H18N2O2/c1-13(2,3)12-8-9-7-10(15(16)17)5-6-11(9)14(12)4/h6-8,10H,5H2,1-4H3. The number of rotatable bonds is 1. The SMILES string of the molecule is Cn1c(C(C)(C)C)cc2c1=CCC([N+](=O)[O-])C=2. The van der Waals surface area contributed by atoms with Crippen LogP contribution in [0.4, 0.5) is 0 Å². The highest BCUT2D eigenvalue weighted by molar-refractivity contribution is 5.42. The van der Waals surface area contributed by atoms with E-state index in [1.165, 1.54) is 5.69 Å². The van der Waals surface area contributed by atoms with Crippen LogP contribution in [0.25, 0.3) is 12.2 Å². The van der Waals surface area contributed by atoms with Gasteiger partial charge in [0.25, 0.3) is 0 Å². The first-order valence-electron chi connectivity index (χ1n) is 5.82. The van der Waals surface area contributed by atoms with E-state index in [-0.39, 0.29) is 10.3 Å². The van der Waals surface area contributed by atoms with E-state index in [9.17, 15) is 10.1 Å². The van der Waals surface area contributed by atoms with Crippen molar-refractivity contribution in [2.45, 2.75) is 38.6 Å². The van der Waals surface area contributed by atoms with Crippen LogP contribution in [-0.4, -0.2) is 15.5 Å². The Labute approximate surface area is 100 Å². The van der Waals surface area contributed by atoms with Crippen LogP contribution < -0.4 is 10.6 Å². The Morgan fingerprint density at radius 1 is 1.47 bits per heavy atom. The molecule has 0 spiro atoms. The molecule has 0 aliphatic heterocycles. The van der Waals surface area contributed by atoms with Gasteiger partial charge >= 0.3 is 0 Å². The van der Waals surface area contributed by atoms with Crippen molar-refractivity contribution < 1.29 is 4.92 Å². The van der Waals surface area contributed by atoms with E-state index in [1.54, 1.807) is 6.08 Å². The summed E-state index contributed by atoms with van der Waals surface area (Å²) in [6.07, 6.45) is 4.23. The van der Waals surface area contributed by atoms with Crippen LogP contribution >= 0.6 is 0 Å². The molecule has 17 heavy (non-hydrogen) atoms. The van der Waals surface area contributed by atoms with Crippen molar-refractivity contribution in [3.8, 4) is 0 Å². The van der Waals surface area contributed by atoms with E-state index < -0.39 is 6.04 Å². The summed E-state index contributed by atoms with van der Waals surface area (Å²) in [6, 6.07) is 1.50. The Bertz CT molecular complexity index is 576. The third kappa shape index (κ3) is 1.99. The molecule has 1 atom stereocenters. The summed E-state index contributed by atoms with van der Waals surface area (Å²) < 4.78 is 2.14. The van der Waals surface area contributed by atoms with Crippen molar-refractivity contribution in [3.63, 3.8) is 0 Å². The van der Waals surface area contributed by atoms with Crippen molar-refractivity contribution in [1.82, 2.24) is 4.57 Å². The fourth-order valence-electron chi connectivity index (χ4n) is 2.40. The van der Waals surface area contributed by atoms with Gasteiger partial charge in [0.1, 0.15) is 0 Å². The van der Waals surface area contributed by atoms with Crippen LogP contribution in [-0.2, 0) is 12.5 Å². The zero-order valence-electron chi connectivity index (χ0n) is 10.7. The third-order valence-corrected chi connectivity index (χ3v) is 3.27. The molecule has 4 nitrogen and oxygen atoms in total. The smallest absolute Gasteiger partial charge is 0.235 e. The van der Waals surface area contributed by atoms with Gasteiger partial charge in [0.05, 0.1) is 0 Å². The molecule has 1 heterocycles. The first kappa shape index (κ1) is 11.9. The number of nitrogens with zero attached hydrogens (tertiary/aromatic N) is 2. The summed E-state index contributed by atoms with van der Waals surface area (Å²) >= 11 is 0. The third-order valence-electron chi connectivity index (χ3n) is 3.27. The van der Waals surface area contributed by atoms with Gasteiger partial charge in [0.15, 0.2) is 0 Å². The number of hydrogen-bond donors (Lipinski definition) is 0. The summed E-state index contributed by atoms with van der Waals surface area (Å²) in [5.41, 5.74) is 1.26. The molecule has 0 amide bonds. The monoisotopic (exact) mass is 234 g/mol. The van der Waals surface area contributed by atoms with Crippen LogP contribution in [0.3, 0.4) is 0 Å². The van der Waals surface area contributed by atoms with Crippen LogP contribution in [0.15, 0.2) is 6.07 Å². The summed E-state index contributed by atoms with van der Waals surface area (Å²) in [5.74, 6) is 0. The Hall–Kier alpha value is -1.58. The molecule has 1 unspecified atom stereocenters. The molecule has 2 rings (SSSR count). The van der Waals surface area contributed by atoms with Crippen molar-refractivity contribution in [1.29, 1.82) is 0 Å². The molecule has 1 aromatic heterocycles. The van der Waals surface area contributed by atoms with Gasteiger partial charge in [0.2, 0.25) is 6.04 Å². The summed E-state index contributed by atoms with van der Waals surface area (Å²) in [5, 5.41) is 12.9. The van der Waals surface area contributed by atoms with E-state index in [4.69, 9.17) is 0 Å². The maximum atomic E-state index is 10.8. The Morgan fingerprint density at radius 2 is 2.12 bits per heavy atom. The van der Waals surface area contributed by atoms with Crippen LogP contribution in [0.2, 0.25) is 0 Å².